The van der Waals surface area contributed by atoms with Crippen LogP contribution >= 0.6 is 0 Å². The van der Waals surface area contributed by atoms with Crippen molar-refractivity contribution >= 4 is 21.8 Å². The molecule has 0 aliphatic carbocycles. The highest BCUT2D eigenvalue weighted by Crippen LogP contribution is 2.40. The molecular formula is C43H41N3O. The smallest absolute Gasteiger partial charge is 0.145 e. The van der Waals surface area contributed by atoms with Gasteiger partial charge in [0.15, 0.2) is 0 Å². The maximum absolute atomic E-state index is 11.0. The number of hydrogen-bond acceptors (Lipinski definition) is 3. The molecular weight excluding hydrogens is 574 g/mol. The van der Waals surface area contributed by atoms with Gasteiger partial charge in [-0.2, -0.15) is 0 Å². The van der Waals surface area contributed by atoms with E-state index in [2.05, 4.69) is 131 Å². The van der Waals surface area contributed by atoms with Gasteiger partial charge >= 0.3 is 0 Å². The van der Waals surface area contributed by atoms with Gasteiger partial charge in [0, 0.05) is 27.8 Å². The van der Waals surface area contributed by atoms with Crippen molar-refractivity contribution in [3.8, 4) is 45.3 Å². The Morgan fingerprint density at radius 3 is 1.91 bits per heavy atom. The van der Waals surface area contributed by atoms with E-state index in [0.717, 1.165) is 55.8 Å². The maximum Gasteiger partial charge on any atom is 0.145 e. The van der Waals surface area contributed by atoms with Crippen LogP contribution in [0.2, 0.25) is 0 Å². The summed E-state index contributed by atoms with van der Waals surface area (Å²) >= 11 is 0. The molecule has 7 rings (SSSR count). The Labute approximate surface area is 277 Å². The zero-order valence-corrected chi connectivity index (χ0v) is 28.0. The van der Waals surface area contributed by atoms with Gasteiger partial charge in [-0.3, -0.25) is 4.57 Å². The van der Waals surface area contributed by atoms with Gasteiger partial charge < -0.3 is 5.11 Å². The average Bonchev–Trinajstić information content (AvgIpc) is 3.48. The Morgan fingerprint density at radius 2 is 1.23 bits per heavy atom. The van der Waals surface area contributed by atoms with Crippen molar-refractivity contribution in [2.24, 2.45) is 0 Å². The lowest BCUT2D eigenvalue weighted by Gasteiger charge is -2.17. The van der Waals surface area contributed by atoms with Crippen LogP contribution in [-0.4, -0.2) is 19.6 Å². The van der Waals surface area contributed by atoms with E-state index in [1.54, 1.807) is 6.07 Å². The van der Waals surface area contributed by atoms with Crippen molar-refractivity contribution in [3.63, 3.8) is 0 Å². The Hall–Kier alpha value is -5.22. The Bertz CT molecular complexity index is 2220. The SMILES string of the molecule is CC(C)c1cc(C(C)C)cc(-n2c(-c3ccccc3)nc3c(-c4cc5cc(C(C)C)ccc5c(-c5ccccc5O)n4)cccc32)c1. The van der Waals surface area contributed by atoms with Crippen molar-refractivity contribution < 1.29 is 5.11 Å². The van der Waals surface area contributed by atoms with E-state index in [-0.39, 0.29) is 5.75 Å². The predicted octanol–water partition coefficient (Wildman–Crippen LogP) is 11.7. The summed E-state index contributed by atoms with van der Waals surface area (Å²) in [7, 11) is 0. The van der Waals surface area contributed by atoms with Gasteiger partial charge in [-0.1, -0.05) is 120 Å². The number of rotatable bonds is 7. The molecule has 2 aromatic heterocycles. The molecule has 0 unspecified atom stereocenters. The zero-order chi connectivity index (χ0) is 32.8. The standard InChI is InChI=1S/C43H41N3O/c1-26(2)30-19-20-35-33(21-30)25-38(44-41(35)37-15-10-11-18-40(37)47)36-16-12-17-39-42(36)45-43(29-13-8-7-9-14-29)46(39)34-23-31(27(3)4)22-32(24-34)28(5)6/h7-28,47H,1-6H3. The van der Waals surface area contributed by atoms with Crippen LogP contribution in [0.1, 0.15) is 76.0 Å². The second-order valence-electron chi connectivity index (χ2n) is 13.5. The number of para-hydroxylation sites is 2. The van der Waals surface area contributed by atoms with Crippen molar-refractivity contribution in [1.29, 1.82) is 0 Å². The van der Waals surface area contributed by atoms with Gasteiger partial charge in [-0.05, 0) is 76.2 Å². The van der Waals surface area contributed by atoms with Gasteiger partial charge in [-0.25, -0.2) is 9.97 Å². The first-order valence-electron chi connectivity index (χ1n) is 16.6. The number of phenolic OH excluding ortho intramolecular Hbond substituents is 1. The minimum atomic E-state index is 0.214. The second-order valence-corrected chi connectivity index (χ2v) is 13.5. The predicted molar refractivity (Wildman–Crippen MR) is 197 cm³/mol. The molecule has 234 valence electrons. The van der Waals surface area contributed by atoms with Crippen LogP contribution in [0.25, 0.3) is 61.4 Å². The van der Waals surface area contributed by atoms with E-state index in [0.29, 0.717) is 23.3 Å². The van der Waals surface area contributed by atoms with Crippen LogP contribution in [-0.2, 0) is 0 Å². The van der Waals surface area contributed by atoms with Gasteiger partial charge in [0.05, 0.1) is 22.4 Å². The summed E-state index contributed by atoms with van der Waals surface area (Å²) in [5.41, 5.74) is 11.2. The number of aromatic nitrogens is 3. The molecule has 0 aliphatic heterocycles. The van der Waals surface area contributed by atoms with E-state index in [4.69, 9.17) is 9.97 Å². The van der Waals surface area contributed by atoms with Crippen LogP contribution in [0.4, 0.5) is 0 Å². The highest BCUT2D eigenvalue weighted by molar-refractivity contribution is 6.01. The fourth-order valence-corrected chi connectivity index (χ4v) is 6.46. The fraction of sp³-hybridized carbons (Fsp3) is 0.209. The number of nitrogens with zero attached hydrogens (tertiary/aromatic N) is 3. The molecule has 0 saturated carbocycles. The van der Waals surface area contributed by atoms with E-state index < -0.39 is 0 Å². The number of imidazole rings is 1. The summed E-state index contributed by atoms with van der Waals surface area (Å²) in [5.74, 6) is 2.28. The summed E-state index contributed by atoms with van der Waals surface area (Å²) in [5, 5.41) is 13.1. The molecule has 4 nitrogen and oxygen atoms in total. The molecule has 2 heterocycles. The summed E-state index contributed by atoms with van der Waals surface area (Å²) in [6.45, 7) is 13.4. The monoisotopic (exact) mass is 615 g/mol. The minimum Gasteiger partial charge on any atom is -0.507 e. The maximum atomic E-state index is 11.0. The van der Waals surface area contributed by atoms with Crippen molar-refractivity contribution in [3.05, 3.63) is 132 Å². The van der Waals surface area contributed by atoms with Crippen molar-refractivity contribution in [2.45, 2.75) is 59.3 Å². The molecule has 0 amide bonds. The highest BCUT2D eigenvalue weighted by atomic mass is 16.3. The lowest BCUT2D eigenvalue weighted by atomic mass is 9.94. The lowest BCUT2D eigenvalue weighted by Crippen LogP contribution is -2.02. The van der Waals surface area contributed by atoms with Crippen LogP contribution in [0.5, 0.6) is 5.75 Å². The van der Waals surface area contributed by atoms with E-state index >= 15 is 0 Å². The summed E-state index contributed by atoms with van der Waals surface area (Å²) in [6, 6.07) is 40.0. The van der Waals surface area contributed by atoms with E-state index in [9.17, 15) is 5.11 Å². The lowest BCUT2D eigenvalue weighted by molar-refractivity contribution is 0.477. The van der Waals surface area contributed by atoms with Crippen LogP contribution < -0.4 is 0 Å². The topological polar surface area (TPSA) is 50.9 Å². The number of pyridine rings is 1. The summed E-state index contributed by atoms with van der Waals surface area (Å²) in [4.78, 5) is 10.7. The number of benzene rings is 5. The third kappa shape index (κ3) is 5.59. The molecule has 5 aromatic carbocycles. The molecule has 0 saturated heterocycles. The molecule has 0 radical (unpaired) electrons. The van der Waals surface area contributed by atoms with Gasteiger partial charge in [0.1, 0.15) is 11.6 Å². The molecule has 0 spiro atoms. The van der Waals surface area contributed by atoms with Crippen LogP contribution in [0.15, 0.2) is 115 Å². The van der Waals surface area contributed by atoms with Crippen LogP contribution in [0.3, 0.4) is 0 Å². The second kappa shape index (κ2) is 12.2. The summed E-state index contributed by atoms with van der Waals surface area (Å²) < 4.78 is 2.31. The number of aromatic hydroxyl groups is 1. The Kier molecular flexibility index (Phi) is 7.89. The summed E-state index contributed by atoms with van der Waals surface area (Å²) in [6.07, 6.45) is 0. The fourth-order valence-electron chi connectivity index (χ4n) is 6.46. The van der Waals surface area contributed by atoms with Crippen LogP contribution in [0, 0.1) is 0 Å². The number of hydrogen-bond donors (Lipinski definition) is 1. The molecule has 4 heteroatoms. The molecule has 0 bridgehead atoms. The van der Waals surface area contributed by atoms with Gasteiger partial charge in [-0.15, -0.1) is 0 Å². The van der Waals surface area contributed by atoms with Gasteiger partial charge in [0.25, 0.3) is 0 Å². The first kappa shape index (κ1) is 30.4. The van der Waals surface area contributed by atoms with E-state index in [1.165, 1.54) is 16.7 Å². The molecule has 47 heavy (non-hydrogen) atoms. The highest BCUT2D eigenvalue weighted by Gasteiger charge is 2.21. The normalized spacial score (nSPS) is 11.9. The third-order valence-corrected chi connectivity index (χ3v) is 9.23. The first-order chi connectivity index (χ1) is 22.7. The molecule has 7 aromatic rings. The molecule has 0 fully saturated rings. The van der Waals surface area contributed by atoms with Crippen molar-refractivity contribution in [2.75, 3.05) is 0 Å². The van der Waals surface area contributed by atoms with Crippen molar-refractivity contribution in [1.82, 2.24) is 14.5 Å². The Morgan fingerprint density at radius 1 is 0.574 bits per heavy atom. The number of phenols is 1. The van der Waals surface area contributed by atoms with E-state index in [1.807, 2.05) is 24.3 Å². The third-order valence-electron chi connectivity index (χ3n) is 9.23. The molecule has 0 aliphatic rings. The Balaban J connectivity index is 1.54. The molecule has 0 atom stereocenters. The quantitative estimate of drug-likeness (QED) is 0.194. The zero-order valence-electron chi connectivity index (χ0n) is 28.0. The largest absolute Gasteiger partial charge is 0.507 e. The number of fused-ring (bicyclic) bond motifs is 2. The average molecular weight is 616 g/mol. The van der Waals surface area contributed by atoms with Gasteiger partial charge in [0.2, 0.25) is 0 Å². The molecule has 1 N–H and O–H groups in total. The first-order valence-corrected chi connectivity index (χ1v) is 16.6. The minimum absolute atomic E-state index is 0.214.